The molecule has 3 nitrogen and oxygen atoms in total. The number of pyridine rings is 1. The third kappa shape index (κ3) is 2.69. The van der Waals surface area contributed by atoms with Crippen LogP contribution in [-0.2, 0) is 10.9 Å². The van der Waals surface area contributed by atoms with Gasteiger partial charge in [0.25, 0.3) is 6.43 Å². The van der Waals surface area contributed by atoms with E-state index in [1.165, 1.54) is 0 Å². The topological polar surface area (TPSA) is 39.2 Å². The average Bonchev–Trinajstić information content (AvgIpc) is 2.25. The van der Waals surface area contributed by atoms with E-state index in [-0.39, 0.29) is 0 Å². The summed E-state index contributed by atoms with van der Waals surface area (Å²) in [5, 5.41) is -0.952. The SMILES string of the molecule is COC(=O)c1c(C(F)F)ncc(Cl)c1C(F)(F)F. The molecule has 0 N–H and O–H groups in total. The van der Waals surface area contributed by atoms with Crippen molar-refractivity contribution in [1.29, 1.82) is 0 Å². The molecule has 0 spiro atoms. The van der Waals surface area contributed by atoms with E-state index in [4.69, 9.17) is 11.6 Å². The Kier molecular flexibility index (Phi) is 4.10. The van der Waals surface area contributed by atoms with Gasteiger partial charge in [-0.05, 0) is 0 Å². The van der Waals surface area contributed by atoms with Crippen LogP contribution in [0.2, 0.25) is 5.02 Å². The summed E-state index contributed by atoms with van der Waals surface area (Å²) in [6.07, 6.45) is -8.02. The molecule has 0 aromatic carbocycles. The lowest BCUT2D eigenvalue weighted by molar-refractivity contribution is -0.138. The Balaban J connectivity index is 3.67. The molecule has 0 unspecified atom stereocenters. The highest BCUT2D eigenvalue weighted by Gasteiger charge is 2.41. The number of aromatic nitrogens is 1. The molecule has 100 valence electrons. The zero-order valence-corrected chi connectivity index (χ0v) is 9.44. The Morgan fingerprint density at radius 1 is 1.44 bits per heavy atom. The molecule has 0 amide bonds. The van der Waals surface area contributed by atoms with Gasteiger partial charge < -0.3 is 4.74 Å². The summed E-state index contributed by atoms with van der Waals surface area (Å²) in [6, 6.07) is 0. The summed E-state index contributed by atoms with van der Waals surface area (Å²) in [4.78, 5) is 14.2. The number of rotatable bonds is 2. The summed E-state index contributed by atoms with van der Waals surface area (Å²) in [5.41, 5.74) is -4.37. The quantitative estimate of drug-likeness (QED) is 0.618. The Bertz CT molecular complexity index is 475. The van der Waals surface area contributed by atoms with Crippen molar-refractivity contribution in [1.82, 2.24) is 4.98 Å². The molecule has 9 heteroatoms. The van der Waals surface area contributed by atoms with Gasteiger partial charge in [-0.3, -0.25) is 4.98 Å². The molecule has 0 aliphatic rings. The number of halogens is 6. The van der Waals surface area contributed by atoms with E-state index in [0.29, 0.717) is 6.20 Å². The molecule has 0 radical (unpaired) electrons. The monoisotopic (exact) mass is 289 g/mol. The third-order valence-electron chi connectivity index (χ3n) is 1.94. The molecule has 0 saturated carbocycles. The van der Waals surface area contributed by atoms with Gasteiger partial charge in [0.15, 0.2) is 0 Å². The molecule has 1 rings (SSSR count). The van der Waals surface area contributed by atoms with Crippen LogP contribution in [0.3, 0.4) is 0 Å². The molecule has 1 aromatic heterocycles. The molecular weight excluding hydrogens is 285 g/mol. The first-order chi connectivity index (χ1) is 8.20. The number of nitrogens with zero attached hydrogens (tertiary/aromatic N) is 1. The predicted octanol–water partition coefficient (Wildman–Crippen LogP) is 3.48. The molecule has 0 aliphatic carbocycles. The minimum absolute atomic E-state index is 0.415. The second-order valence-corrected chi connectivity index (χ2v) is 3.44. The number of ether oxygens (including phenoxy) is 1. The minimum Gasteiger partial charge on any atom is -0.465 e. The number of hydrogen-bond donors (Lipinski definition) is 0. The number of carbonyl (C=O) groups excluding carboxylic acids is 1. The lowest BCUT2D eigenvalue weighted by Crippen LogP contribution is -2.19. The molecule has 18 heavy (non-hydrogen) atoms. The standard InChI is InChI=1S/C9H5ClF5NO2/c1-18-8(17)4-5(9(13,14)15)3(10)2-16-6(4)7(11)12/h2,7H,1H3. The van der Waals surface area contributed by atoms with Crippen LogP contribution in [0, 0.1) is 0 Å². The van der Waals surface area contributed by atoms with Crippen LogP contribution in [-0.4, -0.2) is 18.1 Å². The van der Waals surface area contributed by atoms with Crippen molar-refractivity contribution < 1.29 is 31.5 Å². The van der Waals surface area contributed by atoms with Gasteiger partial charge in [-0.2, -0.15) is 13.2 Å². The fraction of sp³-hybridized carbons (Fsp3) is 0.333. The van der Waals surface area contributed by atoms with Gasteiger partial charge in [-0.15, -0.1) is 0 Å². The zero-order chi connectivity index (χ0) is 14.1. The molecule has 0 saturated heterocycles. The summed E-state index contributed by atoms with van der Waals surface area (Å²) >= 11 is 5.26. The maximum Gasteiger partial charge on any atom is 0.418 e. The van der Waals surface area contributed by atoms with Crippen molar-refractivity contribution in [3.05, 3.63) is 28.0 Å². The lowest BCUT2D eigenvalue weighted by atomic mass is 10.1. The van der Waals surface area contributed by atoms with E-state index < -0.39 is 40.4 Å². The van der Waals surface area contributed by atoms with Gasteiger partial charge in [0.05, 0.1) is 17.7 Å². The molecule has 1 aromatic rings. The first kappa shape index (κ1) is 14.6. The van der Waals surface area contributed by atoms with Crippen molar-refractivity contribution in [2.45, 2.75) is 12.6 Å². The second kappa shape index (κ2) is 5.05. The van der Waals surface area contributed by atoms with Gasteiger partial charge >= 0.3 is 12.1 Å². The maximum atomic E-state index is 12.7. The number of alkyl halides is 5. The van der Waals surface area contributed by atoms with E-state index in [0.717, 1.165) is 7.11 Å². The van der Waals surface area contributed by atoms with E-state index in [9.17, 15) is 26.7 Å². The zero-order valence-electron chi connectivity index (χ0n) is 8.69. The minimum atomic E-state index is -5.08. The molecule has 0 bridgehead atoms. The van der Waals surface area contributed by atoms with Crippen molar-refractivity contribution in [3.8, 4) is 0 Å². The maximum absolute atomic E-state index is 12.7. The highest BCUT2D eigenvalue weighted by Crippen LogP contribution is 2.39. The van der Waals surface area contributed by atoms with Crippen molar-refractivity contribution in [2.24, 2.45) is 0 Å². The first-order valence-electron chi connectivity index (χ1n) is 4.32. The Labute approximate surface area is 103 Å². The molecule has 0 fully saturated rings. The summed E-state index contributed by atoms with van der Waals surface area (Å²) < 4.78 is 67.2. The first-order valence-corrected chi connectivity index (χ1v) is 4.70. The number of methoxy groups -OCH3 is 1. The highest BCUT2D eigenvalue weighted by molar-refractivity contribution is 6.31. The van der Waals surface area contributed by atoms with E-state index in [2.05, 4.69) is 9.72 Å². The normalized spacial score (nSPS) is 11.8. The Hall–Kier alpha value is -1.44. The van der Waals surface area contributed by atoms with Crippen LogP contribution in [0.5, 0.6) is 0 Å². The van der Waals surface area contributed by atoms with Crippen LogP contribution in [0.4, 0.5) is 22.0 Å². The number of esters is 1. The molecule has 1 heterocycles. The van der Waals surface area contributed by atoms with Crippen LogP contribution >= 0.6 is 11.6 Å². The van der Waals surface area contributed by atoms with Gasteiger partial charge in [-0.1, -0.05) is 11.6 Å². The Morgan fingerprint density at radius 3 is 2.39 bits per heavy atom. The van der Waals surface area contributed by atoms with Gasteiger partial charge in [0.2, 0.25) is 0 Å². The smallest absolute Gasteiger partial charge is 0.418 e. The van der Waals surface area contributed by atoms with Crippen LogP contribution < -0.4 is 0 Å². The second-order valence-electron chi connectivity index (χ2n) is 3.03. The van der Waals surface area contributed by atoms with Crippen LogP contribution in [0.1, 0.15) is 28.0 Å². The van der Waals surface area contributed by atoms with Crippen molar-refractivity contribution in [2.75, 3.05) is 7.11 Å². The molecular formula is C9H5ClF5NO2. The predicted molar refractivity (Wildman–Crippen MR) is 50.5 cm³/mol. The van der Waals surface area contributed by atoms with E-state index in [1.54, 1.807) is 0 Å². The fourth-order valence-electron chi connectivity index (χ4n) is 1.25. The van der Waals surface area contributed by atoms with Gasteiger partial charge in [0, 0.05) is 6.20 Å². The average molecular weight is 290 g/mol. The fourth-order valence-corrected chi connectivity index (χ4v) is 1.50. The number of hydrogen-bond acceptors (Lipinski definition) is 3. The third-order valence-corrected chi connectivity index (χ3v) is 2.23. The van der Waals surface area contributed by atoms with Crippen molar-refractivity contribution in [3.63, 3.8) is 0 Å². The van der Waals surface area contributed by atoms with E-state index >= 15 is 0 Å². The largest absolute Gasteiger partial charge is 0.465 e. The summed E-state index contributed by atoms with van der Waals surface area (Å²) in [6.45, 7) is 0. The molecule has 0 atom stereocenters. The van der Waals surface area contributed by atoms with Crippen molar-refractivity contribution >= 4 is 17.6 Å². The van der Waals surface area contributed by atoms with Crippen LogP contribution in [0.25, 0.3) is 0 Å². The Morgan fingerprint density at radius 2 is 2.00 bits per heavy atom. The number of carbonyl (C=O) groups is 1. The van der Waals surface area contributed by atoms with E-state index in [1.807, 2.05) is 0 Å². The lowest BCUT2D eigenvalue weighted by Gasteiger charge is -2.15. The van der Waals surface area contributed by atoms with Gasteiger partial charge in [0.1, 0.15) is 11.3 Å². The highest BCUT2D eigenvalue weighted by atomic mass is 35.5. The summed E-state index contributed by atoms with van der Waals surface area (Å²) in [5.74, 6) is -1.58. The molecule has 0 aliphatic heterocycles. The summed E-state index contributed by atoms with van der Waals surface area (Å²) in [7, 11) is 0.763. The van der Waals surface area contributed by atoms with Gasteiger partial charge in [-0.25, -0.2) is 13.6 Å². The van der Waals surface area contributed by atoms with Crippen LogP contribution in [0.15, 0.2) is 6.20 Å².